The highest BCUT2D eigenvalue weighted by atomic mass is 16.5. The van der Waals surface area contributed by atoms with Gasteiger partial charge in [0.25, 0.3) is 0 Å². The van der Waals surface area contributed by atoms with Crippen molar-refractivity contribution in [3.8, 4) is 5.75 Å². The predicted molar refractivity (Wildman–Crippen MR) is 210 cm³/mol. The predicted octanol–water partition coefficient (Wildman–Crippen LogP) is 11.1. The number of furan rings is 1. The fourth-order valence-electron chi connectivity index (χ4n) is 8.00. The van der Waals surface area contributed by atoms with E-state index in [2.05, 4.69) is 139 Å². The number of hydrogen-bond acceptors (Lipinski definition) is 4. The van der Waals surface area contributed by atoms with Gasteiger partial charge in [-0.25, -0.2) is 0 Å². The number of nitrogens with zero attached hydrogens (tertiary/aromatic N) is 2. The van der Waals surface area contributed by atoms with Gasteiger partial charge in [-0.1, -0.05) is 67.3 Å². The van der Waals surface area contributed by atoms with Crippen molar-refractivity contribution < 1.29 is 9.15 Å². The number of rotatable bonds is 4. The molecule has 7 aromatic rings. The van der Waals surface area contributed by atoms with Gasteiger partial charge >= 0.3 is 0 Å². The summed E-state index contributed by atoms with van der Waals surface area (Å²) in [5.74, 6) is 0.862. The third kappa shape index (κ3) is 5.26. The first-order valence-electron chi connectivity index (χ1n) is 17.9. The van der Waals surface area contributed by atoms with E-state index < -0.39 is 0 Å². The Morgan fingerprint density at radius 1 is 0.725 bits per heavy atom. The number of allylic oxidation sites excluding steroid dienone is 3. The van der Waals surface area contributed by atoms with Crippen LogP contribution in [-0.4, -0.2) is 0 Å². The molecule has 1 atom stereocenters. The molecule has 10 rings (SSSR count). The highest BCUT2D eigenvalue weighted by Crippen LogP contribution is 2.41. The fourth-order valence-corrected chi connectivity index (χ4v) is 8.00. The van der Waals surface area contributed by atoms with Crippen LogP contribution in [0.15, 0.2) is 149 Å². The SMILES string of the molecule is C=C1CC/C=C\Oc2cc3ccc(N(C4=Cc5cc6c(cc5CC4)oc4ccccc46)c4ccc(C5CC=c6ccccc6=N5)cc4)cc3cc21. The molecule has 0 saturated carbocycles. The largest absolute Gasteiger partial charge is 0.465 e. The highest BCUT2D eigenvalue weighted by Gasteiger charge is 2.23. The highest BCUT2D eigenvalue weighted by molar-refractivity contribution is 6.06. The van der Waals surface area contributed by atoms with Crippen LogP contribution in [0.3, 0.4) is 0 Å². The summed E-state index contributed by atoms with van der Waals surface area (Å²) < 4.78 is 12.3. The summed E-state index contributed by atoms with van der Waals surface area (Å²) >= 11 is 0. The van der Waals surface area contributed by atoms with Gasteiger partial charge in [-0.15, -0.1) is 0 Å². The van der Waals surface area contributed by atoms with E-state index in [1.165, 1.54) is 33.0 Å². The lowest BCUT2D eigenvalue weighted by Crippen LogP contribution is -2.28. The molecule has 1 unspecified atom stereocenters. The Morgan fingerprint density at radius 3 is 2.53 bits per heavy atom. The fraction of sp³-hybridized carbons (Fsp3) is 0.128. The van der Waals surface area contributed by atoms with Gasteiger partial charge in [0.1, 0.15) is 16.9 Å². The number of fused-ring (bicyclic) bond motifs is 7. The first-order chi connectivity index (χ1) is 25.1. The Bertz CT molecular complexity index is 2730. The van der Waals surface area contributed by atoms with Gasteiger partial charge in [0.2, 0.25) is 0 Å². The Morgan fingerprint density at radius 2 is 1.59 bits per heavy atom. The average Bonchev–Trinajstić information content (AvgIpc) is 3.53. The first-order valence-corrected chi connectivity index (χ1v) is 17.9. The Labute approximate surface area is 296 Å². The molecule has 2 aliphatic heterocycles. The monoisotopic (exact) mass is 660 g/mol. The average molecular weight is 661 g/mol. The minimum absolute atomic E-state index is 0.112. The maximum absolute atomic E-state index is 6.25. The van der Waals surface area contributed by atoms with Crippen molar-refractivity contribution in [3.05, 3.63) is 173 Å². The summed E-state index contributed by atoms with van der Waals surface area (Å²) in [5, 5.41) is 6.91. The van der Waals surface area contributed by atoms with Crippen LogP contribution >= 0.6 is 0 Å². The van der Waals surface area contributed by atoms with Crippen molar-refractivity contribution in [2.24, 2.45) is 4.99 Å². The Kier molecular flexibility index (Phi) is 7.02. The van der Waals surface area contributed by atoms with Gasteiger partial charge in [0, 0.05) is 33.4 Å². The second-order valence-corrected chi connectivity index (χ2v) is 13.9. The zero-order chi connectivity index (χ0) is 33.9. The summed E-state index contributed by atoms with van der Waals surface area (Å²) in [6.07, 6.45) is 13.2. The molecular weight excluding hydrogens is 625 g/mol. The molecule has 0 amide bonds. The summed E-state index contributed by atoms with van der Waals surface area (Å²) in [6.45, 7) is 4.41. The summed E-state index contributed by atoms with van der Waals surface area (Å²) in [6, 6.07) is 41.6. The molecule has 0 saturated heterocycles. The molecule has 0 spiro atoms. The van der Waals surface area contributed by atoms with E-state index in [4.69, 9.17) is 14.1 Å². The molecule has 246 valence electrons. The summed E-state index contributed by atoms with van der Waals surface area (Å²) in [7, 11) is 0. The number of hydrogen-bond donors (Lipinski definition) is 0. The number of benzene rings is 6. The van der Waals surface area contributed by atoms with Crippen molar-refractivity contribution in [1.82, 2.24) is 0 Å². The Hall–Kier alpha value is -6.13. The molecular formula is C47H36N2O2. The van der Waals surface area contributed by atoms with Gasteiger partial charge < -0.3 is 14.1 Å². The minimum Gasteiger partial charge on any atom is -0.465 e. The van der Waals surface area contributed by atoms with Crippen LogP contribution in [0.1, 0.15) is 54.0 Å². The lowest BCUT2D eigenvalue weighted by Gasteiger charge is -2.31. The second kappa shape index (κ2) is 12.0. The lowest BCUT2D eigenvalue weighted by molar-refractivity contribution is 0.476. The zero-order valence-electron chi connectivity index (χ0n) is 28.3. The Balaban J connectivity index is 1.09. The van der Waals surface area contributed by atoms with E-state index >= 15 is 0 Å². The quantitative estimate of drug-likeness (QED) is 0.189. The maximum Gasteiger partial charge on any atom is 0.135 e. The molecule has 3 heterocycles. The van der Waals surface area contributed by atoms with Crippen molar-refractivity contribution in [3.63, 3.8) is 0 Å². The molecule has 4 heteroatoms. The number of anilines is 2. The number of ether oxygens (including phenoxy) is 1. The van der Waals surface area contributed by atoms with Crippen LogP contribution in [0.5, 0.6) is 5.75 Å². The lowest BCUT2D eigenvalue weighted by atomic mass is 9.92. The first kappa shape index (κ1) is 29.8. The smallest absolute Gasteiger partial charge is 0.135 e. The van der Waals surface area contributed by atoms with Crippen LogP contribution in [0, 0.1) is 0 Å². The molecule has 0 N–H and O–H groups in total. The number of para-hydroxylation sites is 2. The molecule has 6 aromatic carbocycles. The minimum atomic E-state index is 0.112. The molecule has 51 heavy (non-hydrogen) atoms. The van der Waals surface area contributed by atoms with Gasteiger partial charge in [-0.2, -0.15) is 0 Å². The van der Waals surface area contributed by atoms with E-state index in [0.717, 1.165) is 93.0 Å². The second-order valence-electron chi connectivity index (χ2n) is 13.9. The van der Waals surface area contributed by atoms with Crippen LogP contribution < -0.4 is 20.2 Å². The third-order valence-corrected chi connectivity index (χ3v) is 10.7. The van der Waals surface area contributed by atoms with Crippen LogP contribution in [0.4, 0.5) is 11.4 Å². The van der Waals surface area contributed by atoms with Gasteiger partial charge in [-0.05, 0) is 143 Å². The zero-order valence-corrected chi connectivity index (χ0v) is 28.3. The summed E-state index contributed by atoms with van der Waals surface area (Å²) in [5.41, 5.74) is 11.4. The van der Waals surface area contributed by atoms with E-state index in [0.29, 0.717) is 0 Å². The molecule has 4 nitrogen and oxygen atoms in total. The van der Waals surface area contributed by atoms with Gasteiger partial charge in [0.05, 0.1) is 17.7 Å². The van der Waals surface area contributed by atoms with E-state index in [-0.39, 0.29) is 6.04 Å². The molecule has 3 aliphatic rings. The van der Waals surface area contributed by atoms with Gasteiger partial charge in [0.15, 0.2) is 0 Å². The van der Waals surface area contributed by atoms with Crippen LogP contribution in [0.25, 0.3) is 50.4 Å². The molecule has 1 aliphatic carbocycles. The van der Waals surface area contributed by atoms with E-state index in [1.54, 1.807) is 0 Å². The summed E-state index contributed by atoms with van der Waals surface area (Å²) in [4.78, 5) is 7.55. The normalized spacial score (nSPS) is 17.2. The molecule has 1 aromatic heterocycles. The van der Waals surface area contributed by atoms with E-state index in [1.807, 2.05) is 12.3 Å². The van der Waals surface area contributed by atoms with Crippen LogP contribution in [-0.2, 0) is 6.42 Å². The van der Waals surface area contributed by atoms with Crippen molar-refractivity contribution in [1.29, 1.82) is 0 Å². The molecule has 0 fully saturated rings. The van der Waals surface area contributed by atoms with Crippen molar-refractivity contribution in [2.45, 2.75) is 38.1 Å². The maximum atomic E-state index is 6.25. The topological polar surface area (TPSA) is 38.0 Å². The van der Waals surface area contributed by atoms with Crippen molar-refractivity contribution in [2.75, 3.05) is 4.90 Å². The molecule has 0 bridgehead atoms. The van der Waals surface area contributed by atoms with Crippen molar-refractivity contribution >= 4 is 61.8 Å². The number of aryl methyl sites for hydroxylation is 1. The van der Waals surface area contributed by atoms with E-state index in [9.17, 15) is 0 Å². The third-order valence-electron chi connectivity index (χ3n) is 10.7. The van der Waals surface area contributed by atoms with Gasteiger partial charge in [-0.3, -0.25) is 4.99 Å². The molecule has 0 radical (unpaired) electrons. The van der Waals surface area contributed by atoms with Crippen LogP contribution in [0.2, 0.25) is 0 Å². The standard InChI is InChI=1S/C47H36N2O2/c1-30-8-6-7-23-50-46-28-33-15-20-38(24-35(33)26-41(30)46)49(37-18-13-32(14-19-37)44-22-17-31-9-2-4-11-43(31)48-44)39-21-16-34-29-47-42(27-36(34)25-39)40-10-3-5-12-45(40)51-47/h2-5,7,9-15,17-20,23-29,44H,1,6,8,16,21-22H2/b23-7-.